The molecular weight excluding hydrogens is 310 g/mol. The lowest BCUT2D eigenvalue weighted by Crippen LogP contribution is -2.31. The van der Waals surface area contributed by atoms with E-state index in [0.717, 1.165) is 6.42 Å². The first-order valence-corrected chi connectivity index (χ1v) is 7.86. The first-order chi connectivity index (χ1) is 11.2. The number of ether oxygens (including phenoxy) is 2. The van der Waals surface area contributed by atoms with Crippen LogP contribution >= 0.6 is 0 Å². The molecule has 0 aliphatic rings. The van der Waals surface area contributed by atoms with Crippen LogP contribution in [0.25, 0.3) is 0 Å². The van der Waals surface area contributed by atoms with Crippen molar-refractivity contribution in [1.29, 1.82) is 0 Å². The van der Waals surface area contributed by atoms with E-state index in [0.29, 0.717) is 23.7 Å². The van der Waals surface area contributed by atoms with Crippen LogP contribution in [0.2, 0.25) is 0 Å². The van der Waals surface area contributed by atoms with Crippen LogP contribution in [0, 0.1) is 0 Å². The van der Waals surface area contributed by atoms with E-state index < -0.39 is 11.7 Å². The number of methoxy groups -OCH3 is 1. The Morgan fingerprint density at radius 1 is 1.21 bits per heavy atom. The number of carbonyl (C=O) groups excluding carboxylic acids is 2. The van der Waals surface area contributed by atoms with Gasteiger partial charge in [0, 0.05) is 19.3 Å². The predicted octanol–water partition coefficient (Wildman–Crippen LogP) is 3.92. The quantitative estimate of drug-likeness (QED) is 0.853. The van der Waals surface area contributed by atoms with Crippen LogP contribution in [-0.2, 0) is 4.74 Å². The molecule has 0 spiro atoms. The van der Waals surface area contributed by atoms with Gasteiger partial charge >= 0.3 is 12.1 Å². The molecule has 0 radical (unpaired) electrons. The number of carbonyl (C=O) groups is 2. The summed E-state index contributed by atoms with van der Waals surface area (Å²) in [6.45, 7) is 8.00. The van der Waals surface area contributed by atoms with Gasteiger partial charge in [-0.05, 0) is 45.4 Å². The fraction of sp³-hybridized carbons (Fsp3) is 0.529. The molecule has 134 valence electrons. The Bertz CT molecular complexity index is 582. The van der Waals surface area contributed by atoms with Crippen LogP contribution in [0.5, 0.6) is 5.75 Å². The van der Waals surface area contributed by atoms with Crippen LogP contribution in [-0.4, -0.2) is 43.3 Å². The highest BCUT2D eigenvalue weighted by Gasteiger charge is 2.18. The zero-order valence-corrected chi connectivity index (χ0v) is 15.2. The highest BCUT2D eigenvalue weighted by molar-refractivity contribution is 5.92. The Hall–Kier alpha value is -2.44. The number of hydrogen-bond donors (Lipinski definition) is 2. The van der Waals surface area contributed by atoms with E-state index in [2.05, 4.69) is 10.6 Å². The van der Waals surface area contributed by atoms with Crippen LogP contribution in [0.1, 0.15) is 34.1 Å². The molecule has 24 heavy (non-hydrogen) atoms. The van der Waals surface area contributed by atoms with Crippen molar-refractivity contribution in [1.82, 2.24) is 4.90 Å². The van der Waals surface area contributed by atoms with Crippen molar-refractivity contribution in [2.24, 2.45) is 0 Å². The maximum absolute atomic E-state index is 12.0. The molecule has 0 aromatic heterocycles. The SMILES string of the molecule is CCCN(C)C(=O)Nc1ccc(OC)c(NC(=O)OC(C)(C)C)c1. The number of nitrogens with zero attached hydrogens (tertiary/aromatic N) is 1. The Morgan fingerprint density at radius 3 is 2.42 bits per heavy atom. The molecule has 0 fully saturated rings. The summed E-state index contributed by atoms with van der Waals surface area (Å²) >= 11 is 0. The molecule has 0 unspecified atom stereocenters. The summed E-state index contributed by atoms with van der Waals surface area (Å²) in [6, 6.07) is 4.78. The molecule has 0 saturated carbocycles. The van der Waals surface area contributed by atoms with E-state index in [9.17, 15) is 9.59 Å². The molecule has 1 rings (SSSR count). The molecule has 0 aliphatic carbocycles. The molecular formula is C17H27N3O4. The lowest BCUT2D eigenvalue weighted by molar-refractivity contribution is 0.0635. The van der Waals surface area contributed by atoms with E-state index in [-0.39, 0.29) is 6.03 Å². The van der Waals surface area contributed by atoms with Crippen LogP contribution < -0.4 is 15.4 Å². The zero-order chi connectivity index (χ0) is 18.3. The fourth-order valence-corrected chi connectivity index (χ4v) is 1.95. The summed E-state index contributed by atoms with van der Waals surface area (Å²) in [4.78, 5) is 25.6. The van der Waals surface area contributed by atoms with Gasteiger partial charge in [-0.3, -0.25) is 5.32 Å². The van der Waals surface area contributed by atoms with E-state index in [1.807, 2.05) is 6.92 Å². The average molecular weight is 337 g/mol. The molecule has 2 N–H and O–H groups in total. The van der Waals surface area contributed by atoms with Crippen molar-refractivity contribution in [3.8, 4) is 5.75 Å². The van der Waals surface area contributed by atoms with Gasteiger partial charge < -0.3 is 19.7 Å². The maximum Gasteiger partial charge on any atom is 0.412 e. The first kappa shape index (κ1) is 19.6. The lowest BCUT2D eigenvalue weighted by atomic mass is 10.2. The highest BCUT2D eigenvalue weighted by Crippen LogP contribution is 2.28. The van der Waals surface area contributed by atoms with Crippen molar-refractivity contribution < 1.29 is 19.1 Å². The largest absolute Gasteiger partial charge is 0.495 e. The summed E-state index contributed by atoms with van der Waals surface area (Å²) in [5.74, 6) is 0.473. The number of urea groups is 1. The summed E-state index contributed by atoms with van der Waals surface area (Å²) in [5, 5.41) is 5.41. The fourth-order valence-electron chi connectivity index (χ4n) is 1.95. The number of anilines is 2. The van der Waals surface area contributed by atoms with Gasteiger partial charge in [-0.25, -0.2) is 9.59 Å². The van der Waals surface area contributed by atoms with Gasteiger partial charge in [-0.15, -0.1) is 0 Å². The Labute approximate surface area is 143 Å². The molecule has 0 bridgehead atoms. The zero-order valence-electron chi connectivity index (χ0n) is 15.2. The minimum Gasteiger partial charge on any atom is -0.495 e. The number of benzene rings is 1. The topological polar surface area (TPSA) is 79.9 Å². The number of hydrogen-bond acceptors (Lipinski definition) is 4. The molecule has 3 amide bonds. The van der Waals surface area contributed by atoms with Crippen LogP contribution in [0.3, 0.4) is 0 Å². The van der Waals surface area contributed by atoms with Crippen molar-refractivity contribution in [3.63, 3.8) is 0 Å². The van der Waals surface area contributed by atoms with Crippen LogP contribution in [0.4, 0.5) is 21.0 Å². The molecule has 7 nitrogen and oxygen atoms in total. The third kappa shape index (κ3) is 6.36. The van der Waals surface area contributed by atoms with Crippen molar-refractivity contribution in [2.45, 2.75) is 39.7 Å². The second-order valence-electron chi connectivity index (χ2n) is 6.39. The van der Waals surface area contributed by atoms with E-state index in [4.69, 9.17) is 9.47 Å². The normalized spacial score (nSPS) is 10.8. The van der Waals surface area contributed by atoms with E-state index >= 15 is 0 Å². The molecule has 0 heterocycles. The van der Waals surface area contributed by atoms with Crippen molar-refractivity contribution in [2.75, 3.05) is 31.3 Å². The molecule has 1 aromatic carbocycles. The summed E-state index contributed by atoms with van der Waals surface area (Å²) in [5.41, 5.74) is 0.365. The number of nitrogens with one attached hydrogen (secondary N) is 2. The number of amides is 3. The smallest absolute Gasteiger partial charge is 0.412 e. The molecule has 0 saturated heterocycles. The van der Waals surface area contributed by atoms with Gasteiger partial charge in [0.05, 0.1) is 12.8 Å². The Balaban J connectivity index is 2.88. The van der Waals surface area contributed by atoms with Crippen molar-refractivity contribution in [3.05, 3.63) is 18.2 Å². The lowest BCUT2D eigenvalue weighted by Gasteiger charge is -2.21. The van der Waals surface area contributed by atoms with E-state index in [1.54, 1.807) is 50.9 Å². The second-order valence-corrected chi connectivity index (χ2v) is 6.39. The maximum atomic E-state index is 12.0. The van der Waals surface area contributed by atoms with E-state index in [1.165, 1.54) is 7.11 Å². The Kier molecular flexibility index (Phi) is 6.88. The van der Waals surface area contributed by atoms with Gasteiger partial charge in [-0.2, -0.15) is 0 Å². The van der Waals surface area contributed by atoms with Gasteiger partial charge in [0.25, 0.3) is 0 Å². The molecule has 0 aliphatic heterocycles. The Morgan fingerprint density at radius 2 is 1.88 bits per heavy atom. The predicted molar refractivity (Wildman–Crippen MR) is 94.8 cm³/mol. The van der Waals surface area contributed by atoms with Gasteiger partial charge in [0.1, 0.15) is 11.4 Å². The van der Waals surface area contributed by atoms with Crippen LogP contribution in [0.15, 0.2) is 18.2 Å². The summed E-state index contributed by atoms with van der Waals surface area (Å²) in [7, 11) is 3.23. The second kappa shape index (κ2) is 8.42. The molecule has 1 aromatic rings. The van der Waals surface area contributed by atoms with Gasteiger partial charge in [0.15, 0.2) is 0 Å². The standard InChI is InChI=1S/C17H27N3O4/c1-7-10-20(5)15(21)18-12-8-9-14(23-6)13(11-12)19-16(22)24-17(2,3)4/h8-9,11H,7,10H2,1-6H3,(H,18,21)(H,19,22). The third-order valence-corrected chi connectivity index (χ3v) is 2.99. The van der Waals surface area contributed by atoms with Gasteiger partial charge in [0.2, 0.25) is 0 Å². The monoisotopic (exact) mass is 337 g/mol. The average Bonchev–Trinajstić information content (AvgIpc) is 2.45. The molecule has 0 atom stereocenters. The molecule has 7 heteroatoms. The summed E-state index contributed by atoms with van der Waals surface area (Å²) < 4.78 is 10.5. The van der Waals surface area contributed by atoms with Gasteiger partial charge in [-0.1, -0.05) is 6.92 Å². The minimum absolute atomic E-state index is 0.217. The number of rotatable bonds is 5. The first-order valence-electron chi connectivity index (χ1n) is 7.86. The minimum atomic E-state index is -0.605. The highest BCUT2D eigenvalue weighted by atomic mass is 16.6. The summed E-state index contributed by atoms with van der Waals surface area (Å²) in [6.07, 6.45) is 0.283. The third-order valence-electron chi connectivity index (χ3n) is 2.99. The van der Waals surface area contributed by atoms with Crippen molar-refractivity contribution >= 4 is 23.5 Å².